The van der Waals surface area contributed by atoms with Gasteiger partial charge in [-0.25, -0.2) is 0 Å². The highest BCUT2D eigenvalue weighted by Crippen LogP contribution is 2.26. The van der Waals surface area contributed by atoms with Crippen molar-refractivity contribution in [2.45, 2.75) is 31.2 Å². The van der Waals surface area contributed by atoms with E-state index in [-0.39, 0.29) is 5.69 Å². The van der Waals surface area contributed by atoms with E-state index in [2.05, 4.69) is 20.8 Å². The van der Waals surface area contributed by atoms with Crippen molar-refractivity contribution in [2.75, 3.05) is 5.32 Å². The maximum Gasteiger partial charge on any atom is 0.306 e. The van der Waals surface area contributed by atoms with Gasteiger partial charge in [0.2, 0.25) is 16.9 Å². The fourth-order valence-electron chi connectivity index (χ4n) is 2.46. The van der Waals surface area contributed by atoms with Gasteiger partial charge in [-0.1, -0.05) is 17.8 Å². The van der Waals surface area contributed by atoms with Crippen LogP contribution in [-0.4, -0.2) is 36.3 Å². The number of amides is 1. The molecule has 0 saturated carbocycles. The molecule has 0 aliphatic rings. The van der Waals surface area contributed by atoms with E-state index in [0.717, 1.165) is 40.7 Å². The van der Waals surface area contributed by atoms with Crippen LogP contribution in [0.1, 0.15) is 18.1 Å². The van der Waals surface area contributed by atoms with Gasteiger partial charge in [0.05, 0.1) is 15.9 Å². The van der Waals surface area contributed by atoms with Gasteiger partial charge in [0.25, 0.3) is 0 Å². The van der Waals surface area contributed by atoms with Crippen LogP contribution in [0.15, 0.2) is 41.6 Å². The number of nitrogens with one attached hydrogen (secondary N) is 1. The van der Waals surface area contributed by atoms with Gasteiger partial charge >= 0.3 is 5.69 Å². The van der Waals surface area contributed by atoms with E-state index < -0.39 is 27.6 Å². The number of rotatable bonds is 6. The fourth-order valence-corrected chi connectivity index (χ4v) is 3.27. The SMILES string of the molecule is Cc1ccc(-n2nnnc2SC(C)C(=O)Nc2ccc(F)c([N+](=O)[O-])c2)cc1C. The van der Waals surface area contributed by atoms with Gasteiger partial charge in [-0.15, -0.1) is 5.10 Å². The van der Waals surface area contributed by atoms with Crippen LogP contribution in [0.3, 0.4) is 0 Å². The molecule has 1 unspecified atom stereocenters. The van der Waals surface area contributed by atoms with Crippen LogP contribution in [0, 0.1) is 29.8 Å². The highest BCUT2D eigenvalue weighted by atomic mass is 32.2. The number of aryl methyl sites for hydroxylation is 2. The minimum atomic E-state index is -0.969. The molecule has 1 amide bonds. The first-order valence-electron chi connectivity index (χ1n) is 8.53. The molecule has 1 N–H and O–H groups in total. The molecule has 0 bridgehead atoms. The molecule has 3 aromatic rings. The van der Waals surface area contributed by atoms with Crippen molar-refractivity contribution in [1.29, 1.82) is 0 Å². The summed E-state index contributed by atoms with van der Waals surface area (Å²) >= 11 is 1.13. The highest BCUT2D eigenvalue weighted by Gasteiger charge is 2.21. The summed E-state index contributed by atoms with van der Waals surface area (Å²) in [5, 5.41) is 24.8. The molecule has 0 aliphatic carbocycles. The maximum atomic E-state index is 13.4. The molecule has 1 aromatic heterocycles. The summed E-state index contributed by atoms with van der Waals surface area (Å²) in [6.07, 6.45) is 0. The van der Waals surface area contributed by atoms with Gasteiger partial charge in [0.15, 0.2) is 0 Å². The van der Waals surface area contributed by atoms with Crippen LogP contribution in [0.2, 0.25) is 0 Å². The molecule has 11 heteroatoms. The number of carbonyl (C=O) groups excluding carboxylic acids is 1. The molecule has 1 heterocycles. The predicted octanol–water partition coefficient (Wildman–Crippen LogP) is 3.45. The minimum absolute atomic E-state index is 0.129. The van der Waals surface area contributed by atoms with Crippen LogP contribution >= 0.6 is 11.8 Å². The predicted molar refractivity (Wildman–Crippen MR) is 106 cm³/mol. The van der Waals surface area contributed by atoms with E-state index in [1.54, 1.807) is 6.92 Å². The van der Waals surface area contributed by atoms with Crippen molar-refractivity contribution in [3.63, 3.8) is 0 Å². The molecule has 0 fully saturated rings. The molecule has 3 rings (SSSR count). The molecule has 150 valence electrons. The molecule has 0 spiro atoms. The molecule has 29 heavy (non-hydrogen) atoms. The number of halogens is 1. The molecule has 0 saturated heterocycles. The Morgan fingerprint density at radius 1 is 1.24 bits per heavy atom. The van der Waals surface area contributed by atoms with Crippen molar-refractivity contribution in [3.8, 4) is 5.69 Å². The third-order valence-corrected chi connectivity index (χ3v) is 5.27. The molecule has 2 aromatic carbocycles. The topological polar surface area (TPSA) is 116 Å². The molecule has 0 radical (unpaired) electrons. The number of nitro groups is 1. The van der Waals surface area contributed by atoms with E-state index in [9.17, 15) is 19.3 Å². The number of nitro benzene ring substituents is 1. The van der Waals surface area contributed by atoms with Crippen LogP contribution in [-0.2, 0) is 4.79 Å². The second-order valence-electron chi connectivity index (χ2n) is 6.31. The smallest absolute Gasteiger partial charge is 0.306 e. The fraction of sp³-hybridized carbons (Fsp3) is 0.222. The lowest BCUT2D eigenvalue weighted by atomic mass is 10.1. The zero-order valence-electron chi connectivity index (χ0n) is 15.8. The zero-order chi connectivity index (χ0) is 21.1. The van der Waals surface area contributed by atoms with Crippen molar-refractivity contribution in [1.82, 2.24) is 20.2 Å². The summed E-state index contributed by atoms with van der Waals surface area (Å²) in [5.74, 6) is -1.39. The average Bonchev–Trinajstić information content (AvgIpc) is 3.13. The Bertz CT molecular complexity index is 1090. The Kier molecular flexibility index (Phi) is 5.87. The number of carbonyl (C=O) groups is 1. The Labute approximate surface area is 169 Å². The van der Waals surface area contributed by atoms with Crippen molar-refractivity contribution in [2.24, 2.45) is 0 Å². The number of hydrogen-bond acceptors (Lipinski definition) is 7. The van der Waals surface area contributed by atoms with Crippen molar-refractivity contribution < 1.29 is 14.1 Å². The summed E-state index contributed by atoms with van der Waals surface area (Å²) in [4.78, 5) is 22.5. The third kappa shape index (κ3) is 4.57. The first-order chi connectivity index (χ1) is 13.8. The number of aromatic nitrogens is 4. The average molecular weight is 416 g/mol. The lowest BCUT2D eigenvalue weighted by molar-refractivity contribution is -0.387. The number of nitrogens with zero attached hydrogens (tertiary/aromatic N) is 5. The second-order valence-corrected chi connectivity index (χ2v) is 7.62. The molecule has 1 atom stereocenters. The maximum absolute atomic E-state index is 13.4. The summed E-state index contributed by atoms with van der Waals surface area (Å²) in [6.45, 7) is 5.63. The van der Waals surface area contributed by atoms with E-state index in [1.807, 2.05) is 32.0 Å². The minimum Gasteiger partial charge on any atom is -0.325 e. The Morgan fingerprint density at radius 2 is 2.00 bits per heavy atom. The van der Waals surface area contributed by atoms with Gasteiger partial charge in [-0.3, -0.25) is 14.9 Å². The van der Waals surface area contributed by atoms with E-state index in [4.69, 9.17) is 0 Å². The molecular weight excluding hydrogens is 399 g/mol. The summed E-state index contributed by atoms with van der Waals surface area (Å²) in [6, 6.07) is 8.95. The number of anilines is 1. The highest BCUT2D eigenvalue weighted by molar-refractivity contribution is 8.00. The first-order valence-corrected chi connectivity index (χ1v) is 9.41. The lowest BCUT2D eigenvalue weighted by Crippen LogP contribution is -2.23. The quantitative estimate of drug-likeness (QED) is 0.372. The van der Waals surface area contributed by atoms with Gasteiger partial charge in [-0.2, -0.15) is 9.07 Å². The summed E-state index contributed by atoms with van der Waals surface area (Å²) in [5.41, 5.74) is 2.41. The largest absolute Gasteiger partial charge is 0.325 e. The first kappa shape index (κ1) is 20.4. The third-order valence-electron chi connectivity index (χ3n) is 4.24. The van der Waals surface area contributed by atoms with Gasteiger partial charge in [-0.05, 0) is 66.6 Å². The number of benzene rings is 2. The molecular formula is C18H17FN6O3S. The van der Waals surface area contributed by atoms with Crippen LogP contribution in [0.4, 0.5) is 15.8 Å². The van der Waals surface area contributed by atoms with Gasteiger partial charge in [0.1, 0.15) is 0 Å². The Balaban J connectivity index is 1.74. The van der Waals surface area contributed by atoms with E-state index >= 15 is 0 Å². The van der Waals surface area contributed by atoms with E-state index in [1.165, 1.54) is 10.7 Å². The van der Waals surface area contributed by atoms with Crippen molar-refractivity contribution in [3.05, 3.63) is 63.5 Å². The van der Waals surface area contributed by atoms with Gasteiger partial charge in [0, 0.05) is 11.8 Å². The van der Waals surface area contributed by atoms with Gasteiger partial charge < -0.3 is 5.32 Å². The lowest BCUT2D eigenvalue weighted by Gasteiger charge is -2.12. The molecule has 9 nitrogen and oxygen atoms in total. The Hall–Kier alpha value is -3.34. The Morgan fingerprint density at radius 3 is 2.69 bits per heavy atom. The van der Waals surface area contributed by atoms with Crippen LogP contribution < -0.4 is 5.32 Å². The summed E-state index contributed by atoms with van der Waals surface area (Å²) < 4.78 is 15.0. The normalized spacial score (nSPS) is 11.9. The molecule has 0 aliphatic heterocycles. The summed E-state index contributed by atoms with van der Waals surface area (Å²) in [7, 11) is 0. The number of tetrazole rings is 1. The van der Waals surface area contributed by atoms with Crippen LogP contribution in [0.5, 0.6) is 0 Å². The number of thioether (sulfide) groups is 1. The van der Waals surface area contributed by atoms with E-state index in [0.29, 0.717) is 5.16 Å². The van der Waals surface area contributed by atoms with Crippen LogP contribution in [0.25, 0.3) is 5.69 Å². The van der Waals surface area contributed by atoms with Crippen molar-refractivity contribution >= 4 is 29.0 Å². The standard InChI is InChI=1S/C18H17FN6O3S/c1-10-4-6-14(8-11(10)2)24-18(21-22-23-24)29-12(3)17(26)20-13-5-7-15(19)16(9-13)25(27)28/h4-9,12H,1-3H3,(H,20,26). The zero-order valence-corrected chi connectivity index (χ0v) is 16.6. The number of hydrogen-bond donors (Lipinski definition) is 1. The second kappa shape index (κ2) is 8.35. The monoisotopic (exact) mass is 416 g/mol.